The molecule has 0 heterocycles. The van der Waals surface area contributed by atoms with E-state index >= 15 is 0 Å². The third kappa shape index (κ3) is 3.33. The molecule has 1 rings (SSSR count). The van der Waals surface area contributed by atoms with Crippen molar-refractivity contribution in [3.63, 3.8) is 0 Å². The molecule has 15 heavy (non-hydrogen) atoms. The summed E-state index contributed by atoms with van der Waals surface area (Å²) in [5, 5.41) is 18.7. The number of carbonyl (C=O) groups excluding carboxylic acids is 1. The molecule has 0 radical (unpaired) electrons. The highest BCUT2D eigenvalue weighted by atomic mass is 16.1. The summed E-state index contributed by atoms with van der Waals surface area (Å²) < 4.78 is 0. The van der Waals surface area contributed by atoms with E-state index in [0.29, 0.717) is 5.56 Å². The highest BCUT2D eigenvalue weighted by Gasteiger charge is 1.92. The SMILES string of the molecule is N#CNC(=O)C=Cc1ccc(C#N)cc1. The van der Waals surface area contributed by atoms with Gasteiger partial charge in [0, 0.05) is 6.08 Å². The first-order valence-electron chi connectivity index (χ1n) is 4.13. The number of carbonyl (C=O) groups is 1. The van der Waals surface area contributed by atoms with E-state index in [2.05, 4.69) is 0 Å². The van der Waals surface area contributed by atoms with Gasteiger partial charge in [-0.1, -0.05) is 12.1 Å². The second-order valence-corrected chi connectivity index (χ2v) is 2.67. The Morgan fingerprint density at radius 1 is 1.27 bits per heavy atom. The Balaban J connectivity index is 2.70. The first kappa shape index (κ1) is 10.5. The van der Waals surface area contributed by atoms with Crippen molar-refractivity contribution >= 4 is 12.0 Å². The second-order valence-electron chi connectivity index (χ2n) is 2.67. The van der Waals surface area contributed by atoms with Gasteiger partial charge in [-0.25, -0.2) is 0 Å². The number of nitrogens with zero attached hydrogens (tertiary/aromatic N) is 2. The zero-order valence-electron chi connectivity index (χ0n) is 7.77. The maximum absolute atomic E-state index is 10.9. The van der Waals surface area contributed by atoms with Gasteiger partial charge in [-0.3, -0.25) is 10.1 Å². The van der Waals surface area contributed by atoms with E-state index in [1.807, 2.05) is 11.4 Å². The number of benzene rings is 1. The molecule has 1 amide bonds. The Morgan fingerprint density at radius 3 is 2.47 bits per heavy atom. The third-order valence-electron chi connectivity index (χ3n) is 1.65. The highest BCUT2D eigenvalue weighted by Crippen LogP contribution is 2.04. The molecule has 0 aliphatic carbocycles. The fourth-order valence-electron chi connectivity index (χ4n) is 0.937. The summed E-state index contributed by atoms with van der Waals surface area (Å²) in [7, 11) is 0. The molecule has 0 atom stereocenters. The largest absolute Gasteiger partial charge is 0.269 e. The van der Waals surface area contributed by atoms with Gasteiger partial charge in [0.25, 0.3) is 5.91 Å². The van der Waals surface area contributed by atoms with Gasteiger partial charge in [0.1, 0.15) is 0 Å². The molecule has 0 saturated heterocycles. The van der Waals surface area contributed by atoms with E-state index < -0.39 is 5.91 Å². The minimum atomic E-state index is -0.471. The Bertz CT molecular complexity index is 460. The molecular formula is C11H7N3O. The Hall–Kier alpha value is -2.59. The Labute approximate surface area is 87.1 Å². The fraction of sp³-hybridized carbons (Fsp3) is 0. The number of amides is 1. The molecule has 0 aromatic heterocycles. The molecule has 1 aromatic carbocycles. The van der Waals surface area contributed by atoms with Crippen molar-refractivity contribution in [1.29, 1.82) is 10.5 Å². The van der Waals surface area contributed by atoms with E-state index in [1.165, 1.54) is 12.3 Å². The molecule has 1 N–H and O–H groups in total. The molecule has 0 spiro atoms. The van der Waals surface area contributed by atoms with Crippen LogP contribution in [-0.2, 0) is 4.79 Å². The molecule has 0 aliphatic heterocycles. The number of hydrogen-bond acceptors (Lipinski definition) is 3. The lowest BCUT2D eigenvalue weighted by molar-refractivity contribution is -0.115. The zero-order valence-corrected chi connectivity index (χ0v) is 7.77. The van der Waals surface area contributed by atoms with Crippen LogP contribution in [0.15, 0.2) is 30.3 Å². The minimum absolute atomic E-state index is 0.471. The molecule has 4 nitrogen and oxygen atoms in total. The average molecular weight is 197 g/mol. The summed E-state index contributed by atoms with van der Waals surface area (Å²) in [4.78, 5) is 10.9. The van der Waals surface area contributed by atoms with Gasteiger partial charge in [-0.2, -0.15) is 10.5 Å². The predicted octanol–water partition coefficient (Wildman–Crippen LogP) is 1.17. The van der Waals surface area contributed by atoms with Crippen LogP contribution < -0.4 is 5.32 Å². The van der Waals surface area contributed by atoms with Crippen molar-refractivity contribution < 1.29 is 4.79 Å². The van der Waals surface area contributed by atoms with Crippen LogP contribution in [0.5, 0.6) is 0 Å². The average Bonchev–Trinajstić information content (AvgIpc) is 2.27. The first-order chi connectivity index (χ1) is 7.26. The van der Waals surface area contributed by atoms with Gasteiger partial charge in [0.15, 0.2) is 6.19 Å². The molecule has 0 unspecified atom stereocenters. The topological polar surface area (TPSA) is 76.7 Å². The van der Waals surface area contributed by atoms with Gasteiger partial charge in [0.05, 0.1) is 11.6 Å². The van der Waals surface area contributed by atoms with Crippen LogP contribution in [0.2, 0.25) is 0 Å². The quantitative estimate of drug-likeness (QED) is 0.439. The van der Waals surface area contributed by atoms with Crippen molar-refractivity contribution in [3.05, 3.63) is 41.5 Å². The van der Waals surface area contributed by atoms with E-state index in [4.69, 9.17) is 10.5 Å². The lowest BCUT2D eigenvalue weighted by atomic mass is 10.1. The molecule has 72 valence electrons. The summed E-state index contributed by atoms with van der Waals surface area (Å²) in [6.07, 6.45) is 4.35. The number of hydrogen-bond donors (Lipinski definition) is 1. The van der Waals surface area contributed by atoms with Crippen molar-refractivity contribution in [2.75, 3.05) is 0 Å². The molecule has 4 heteroatoms. The fourth-order valence-corrected chi connectivity index (χ4v) is 0.937. The summed E-state index contributed by atoms with van der Waals surface area (Å²) in [5.41, 5.74) is 1.36. The summed E-state index contributed by atoms with van der Waals surface area (Å²) >= 11 is 0. The maximum Gasteiger partial charge on any atom is 0.256 e. The Morgan fingerprint density at radius 2 is 1.93 bits per heavy atom. The standard InChI is InChI=1S/C11H7N3O/c12-7-10-3-1-9(2-4-10)5-6-11(15)14-8-13/h1-6H,(H,14,15). The van der Waals surface area contributed by atoms with Crippen LogP contribution in [0.25, 0.3) is 6.08 Å². The van der Waals surface area contributed by atoms with E-state index in [-0.39, 0.29) is 0 Å². The van der Waals surface area contributed by atoms with Crippen molar-refractivity contribution in [3.8, 4) is 12.3 Å². The lowest BCUT2D eigenvalue weighted by Crippen LogP contribution is -2.13. The van der Waals surface area contributed by atoms with Crippen molar-refractivity contribution in [2.24, 2.45) is 0 Å². The smallest absolute Gasteiger partial charge is 0.256 e. The summed E-state index contributed by atoms with van der Waals surface area (Å²) in [6.45, 7) is 0. The van der Waals surface area contributed by atoms with Gasteiger partial charge in [0.2, 0.25) is 0 Å². The predicted molar refractivity (Wildman–Crippen MR) is 53.9 cm³/mol. The lowest BCUT2D eigenvalue weighted by Gasteiger charge is -1.92. The molecule has 0 aliphatic rings. The van der Waals surface area contributed by atoms with Crippen LogP contribution in [0.1, 0.15) is 11.1 Å². The molecule has 1 aromatic rings. The number of nitriles is 2. The van der Waals surface area contributed by atoms with Gasteiger partial charge < -0.3 is 0 Å². The van der Waals surface area contributed by atoms with Crippen molar-refractivity contribution in [2.45, 2.75) is 0 Å². The van der Waals surface area contributed by atoms with Crippen LogP contribution in [-0.4, -0.2) is 5.91 Å². The minimum Gasteiger partial charge on any atom is -0.269 e. The molecule has 0 fully saturated rings. The second kappa shape index (κ2) is 5.21. The van der Waals surface area contributed by atoms with Crippen LogP contribution in [0.4, 0.5) is 0 Å². The van der Waals surface area contributed by atoms with Gasteiger partial charge in [-0.15, -0.1) is 0 Å². The number of nitrogens with one attached hydrogen (secondary N) is 1. The first-order valence-corrected chi connectivity index (χ1v) is 4.13. The van der Waals surface area contributed by atoms with E-state index in [9.17, 15) is 4.79 Å². The summed E-state index contributed by atoms with van der Waals surface area (Å²) in [6, 6.07) is 8.74. The zero-order chi connectivity index (χ0) is 11.1. The van der Waals surface area contributed by atoms with E-state index in [1.54, 1.807) is 30.3 Å². The third-order valence-corrected chi connectivity index (χ3v) is 1.65. The molecular weight excluding hydrogens is 190 g/mol. The molecule has 0 saturated carbocycles. The van der Waals surface area contributed by atoms with Gasteiger partial charge in [-0.05, 0) is 23.8 Å². The van der Waals surface area contributed by atoms with Crippen LogP contribution in [0, 0.1) is 22.8 Å². The number of rotatable bonds is 2. The highest BCUT2D eigenvalue weighted by molar-refractivity contribution is 5.92. The van der Waals surface area contributed by atoms with E-state index in [0.717, 1.165) is 5.56 Å². The van der Waals surface area contributed by atoms with Gasteiger partial charge >= 0.3 is 0 Å². The van der Waals surface area contributed by atoms with Crippen LogP contribution >= 0.6 is 0 Å². The Kier molecular flexibility index (Phi) is 3.64. The summed E-state index contributed by atoms with van der Waals surface area (Å²) in [5.74, 6) is -0.471. The molecule has 0 bridgehead atoms. The maximum atomic E-state index is 10.9. The van der Waals surface area contributed by atoms with Crippen molar-refractivity contribution in [1.82, 2.24) is 5.32 Å². The normalized spacial score (nSPS) is 9.20. The van der Waals surface area contributed by atoms with Crippen LogP contribution in [0.3, 0.4) is 0 Å². The monoisotopic (exact) mass is 197 g/mol.